The quantitative estimate of drug-likeness (QED) is 0.528. The molecule has 7 heteroatoms. The smallest absolute Gasteiger partial charge is 0.265 e. The van der Waals surface area contributed by atoms with Gasteiger partial charge in [-0.05, 0) is 79.3 Å². The number of likely N-dealkylation sites (tertiary alicyclic amines) is 1. The maximum Gasteiger partial charge on any atom is 0.265 e. The lowest BCUT2D eigenvalue weighted by atomic mass is 10.0. The van der Waals surface area contributed by atoms with E-state index in [1.165, 1.54) is 24.2 Å². The molecule has 1 saturated heterocycles. The molecule has 1 unspecified atom stereocenters. The highest BCUT2D eigenvalue weighted by Crippen LogP contribution is 2.27. The summed E-state index contributed by atoms with van der Waals surface area (Å²) in [7, 11) is 1.66. The van der Waals surface area contributed by atoms with Crippen LogP contribution in [0.4, 0.5) is 5.69 Å². The molecule has 2 heterocycles. The van der Waals surface area contributed by atoms with Crippen LogP contribution in [-0.4, -0.2) is 43.5 Å². The van der Waals surface area contributed by atoms with Gasteiger partial charge in [0.25, 0.3) is 11.8 Å². The molecule has 1 aliphatic rings. The standard InChI is InChI=1S/C25H27N3O3S/c1-31-21-7-4-6-19(16-21)22(28-13-2-3-14-28)17-26-24(29)18-9-11-20(12-10-18)27-25(30)23-8-5-15-32-23/h4-12,15-16,22H,2-3,13-14,17H2,1H3,(H,26,29)(H,27,30). The largest absolute Gasteiger partial charge is 0.497 e. The maximum absolute atomic E-state index is 12.8. The van der Waals surface area contributed by atoms with Gasteiger partial charge in [0.1, 0.15) is 5.75 Å². The van der Waals surface area contributed by atoms with E-state index >= 15 is 0 Å². The topological polar surface area (TPSA) is 70.7 Å². The first-order chi connectivity index (χ1) is 15.6. The lowest BCUT2D eigenvalue weighted by Crippen LogP contribution is -2.36. The molecule has 2 N–H and O–H groups in total. The monoisotopic (exact) mass is 449 g/mol. The van der Waals surface area contributed by atoms with Crippen molar-refractivity contribution < 1.29 is 14.3 Å². The van der Waals surface area contributed by atoms with Crippen molar-refractivity contribution in [3.63, 3.8) is 0 Å². The first-order valence-corrected chi connectivity index (χ1v) is 11.6. The Morgan fingerprint density at radius 2 is 1.81 bits per heavy atom. The number of carbonyl (C=O) groups excluding carboxylic acids is 2. The summed E-state index contributed by atoms with van der Waals surface area (Å²) in [5.41, 5.74) is 2.36. The van der Waals surface area contributed by atoms with Crippen LogP contribution in [0.2, 0.25) is 0 Å². The lowest BCUT2D eigenvalue weighted by Gasteiger charge is -2.28. The van der Waals surface area contributed by atoms with Crippen LogP contribution in [0.1, 0.15) is 44.5 Å². The molecule has 4 rings (SSSR count). The minimum Gasteiger partial charge on any atom is -0.497 e. The lowest BCUT2D eigenvalue weighted by molar-refractivity contribution is 0.0937. The number of thiophene rings is 1. The number of amides is 2. The first kappa shape index (κ1) is 22.0. The number of nitrogens with zero attached hydrogens (tertiary/aromatic N) is 1. The van der Waals surface area contributed by atoms with Gasteiger partial charge in [-0.25, -0.2) is 0 Å². The molecular formula is C25H27N3O3S. The summed E-state index contributed by atoms with van der Waals surface area (Å²) in [5, 5.41) is 7.80. The molecule has 0 bridgehead atoms. The molecule has 1 aromatic heterocycles. The molecular weight excluding hydrogens is 422 g/mol. The second-order valence-electron chi connectivity index (χ2n) is 7.75. The molecule has 166 valence electrons. The van der Waals surface area contributed by atoms with Gasteiger partial charge >= 0.3 is 0 Å². The predicted molar refractivity (Wildman–Crippen MR) is 128 cm³/mol. The Morgan fingerprint density at radius 3 is 2.50 bits per heavy atom. The fraction of sp³-hybridized carbons (Fsp3) is 0.280. The van der Waals surface area contributed by atoms with Gasteiger partial charge in [0, 0.05) is 17.8 Å². The van der Waals surface area contributed by atoms with E-state index in [4.69, 9.17) is 4.74 Å². The van der Waals surface area contributed by atoms with Crippen LogP contribution in [0.5, 0.6) is 5.75 Å². The number of carbonyl (C=O) groups is 2. The summed E-state index contributed by atoms with van der Waals surface area (Å²) in [4.78, 5) is 28.0. The van der Waals surface area contributed by atoms with E-state index in [9.17, 15) is 9.59 Å². The Hall–Kier alpha value is -3.16. The number of hydrogen-bond acceptors (Lipinski definition) is 5. The van der Waals surface area contributed by atoms with Gasteiger partial charge in [0.05, 0.1) is 18.0 Å². The van der Waals surface area contributed by atoms with Crippen molar-refractivity contribution in [1.29, 1.82) is 0 Å². The summed E-state index contributed by atoms with van der Waals surface area (Å²) in [5.74, 6) is 0.537. The fourth-order valence-electron chi connectivity index (χ4n) is 3.96. The van der Waals surface area contributed by atoms with Crippen LogP contribution >= 0.6 is 11.3 Å². The van der Waals surface area contributed by atoms with Crippen molar-refractivity contribution in [2.24, 2.45) is 0 Å². The number of anilines is 1. The number of nitrogens with one attached hydrogen (secondary N) is 2. The van der Waals surface area contributed by atoms with Crippen LogP contribution < -0.4 is 15.4 Å². The van der Waals surface area contributed by atoms with Crippen molar-refractivity contribution in [2.45, 2.75) is 18.9 Å². The van der Waals surface area contributed by atoms with Crippen LogP contribution in [0.15, 0.2) is 66.0 Å². The van der Waals surface area contributed by atoms with E-state index in [2.05, 4.69) is 21.6 Å². The average molecular weight is 450 g/mol. The van der Waals surface area contributed by atoms with Gasteiger partial charge in [-0.2, -0.15) is 0 Å². The molecule has 32 heavy (non-hydrogen) atoms. The van der Waals surface area contributed by atoms with Crippen LogP contribution in [-0.2, 0) is 0 Å². The average Bonchev–Trinajstić information content (AvgIpc) is 3.55. The minimum atomic E-state index is -0.149. The molecule has 1 aliphatic heterocycles. The summed E-state index contributed by atoms with van der Waals surface area (Å²) < 4.78 is 5.39. The number of ether oxygens (including phenoxy) is 1. The Bertz CT molecular complexity index is 1040. The molecule has 1 fully saturated rings. The number of benzene rings is 2. The molecule has 2 amide bonds. The van der Waals surface area contributed by atoms with Gasteiger partial charge in [-0.15, -0.1) is 11.3 Å². The van der Waals surface area contributed by atoms with E-state index in [1.54, 1.807) is 37.4 Å². The van der Waals surface area contributed by atoms with E-state index in [0.29, 0.717) is 22.7 Å². The molecule has 0 aliphatic carbocycles. The molecule has 0 spiro atoms. The first-order valence-electron chi connectivity index (χ1n) is 10.7. The normalized spacial score (nSPS) is 14.7. The Kier molecular flexibility index (Phi) is 7.19. The third kappa shape index (κ3) is 5.36. The Balaban J connectivity index is 1.39. The Morgan fingerprint density at radius 1 is 1.03 bits per heavy atom. The molecule has 3 aromatic rings. The third-order valence-corrected chi connectivity index (χ3v) is 6.53. The highest BCUT2D eigenvalue weighted by molar-refractivity contribution is 7.12. The maximum atomic E-state index is 12.8. The summed E-state index contributed by atoms with van der Waals surface area (Å²) in [6, 6.07) is 18.7. The number of rotatable bonds is 8. The minimum absolute atomic E-state index is 0.0981. The van der Waals surface area contributed by atoms with Gasteiger partial charge < -0.3 is 15.4 Å². The van der Waals surface area contributed by atoms with E-state index in [1.807, 2.05) is 29.6 Å². The van der Waals surface area contributed by atoms with Crippen molar-refractivity contribution in [3.05, 3.63) is 82.0 Å². The van der Waals surface area contributed by atoms with Crippen LogP contribution in [0, 0.1) is 0 Å². The van der Waals surface area contributed by atoms with E-state index in [-0.39, 0.29) is 17.9 Å². The highest BCUT2D eigenvalue weighted by atomic mass is 32.1. The predicted octanol–water partition coefficient (Wildman–Crippen LogP) is 4.58. The summed E-state index contributed by atoms with van der Waals surface area (Å²) >= 11 is 1.39. The van der Waals surface area contributed by atoms with E-state index in [0.717, 1.165) is 24.4 Å². The molecule has 6 nitrogen and oxygen atoms in total. The molecule has 2 aromatic carbocycles. The van der Waals surface area contributed by atoms with Crippen molar-refractivity contribution in [1.82, 2.24) is 10.2 Å². The van der Waals surface area contributed by atoms with Gasteiger partial charge in [0.15, 0.2) is 0 Å². The zero-order chi connectivity index (χ0) is 22.3. The van der Waals surface area contributed by atoms with Gasteiger partial charge in [-0.1, -0.05) is 18.2 Å². The SMILES string of the molecule is COc1cccc(C(CNC(=O)c2ccc(NC(=O)c3cccs3)cc2)N2CCCC2)c1. The van der Waals surface area contributed by atoms with Gasteiger partial charge in [-0.3, -0.25) is 14.5 Å². The summed E-state index contributed by atoms with van der Waals surface area (Å²) in [6.45, 7) is 2.57. The van der Waals surface area contributed by atoms with Crippen LogP contribution in [0.3, 0.4) is 0 Å². The second kappa shape index (κ2) is 10.4. The molecule has 0 saturated carbocycles. The summed E-state index contributed by atoms with van der Waals surface area (Å²) in [6.07, 6.45) is 2.35. The number of methoxy groups -OCH3 is 1. The molecule has 0 radical (unpaired) electrons. The third-order valence-electron chi connectivity index (χ3n) is 5.67. The van der Waals surface area contributed by atoms with E-state index < -0.39 is 0 Å². The fourth-order valence-corrected chi connectivity index (χ4v) is 4.58. The zero-order valence-electron chi connectivity index (χ0n) is 18.0. The Labute approximate surface area is 192 Å². The zero-order valence-corrected chi connectivity index (χ0v) is 18.9. The molecule has 1 atom stereocenters. The van der Waals surface area contributed by atoms with Crippen molar-refractivity contribution in [2.75, 3.05) is 32.1 Å². The van der Waals surface area contributed by atoms with Gasteiger partial charge in [0.2, 0.25) is 0 Å². The van der Waals surface area contributed by atoms with Crippen molar-refractivity contribution in [3.8, 4) is 5.75 Å². The second-order valence-corrected chi connectivity index (χ2v) is 8.70. The highest BCUT2D eigenvalue weighted by Gasteiger charge is 2.24. The van der Waals surface area contributed by atoms with Crippen molar-refractivity contribution >= 4 is 28.8 Å². The van der Waals surface area contributed by atoms with Crippen LogP contribution in [0.25, 0.3) is 0 Å². The number of hydrogen-bond donors (Lipinski definition) is 2.